The molecule has 0 saturated heterocycles. The molecule has 0 aliphatic carbocycles. The van der Waals surface area contributed by atoms with E-state index in [0.29, 0.717) is 4.47 Å². The molecule has 0 spiro atoms. The number of hydrogen-bond donors (Lipinski definition) is 0. The van der Waals surface area contributed by atoms with Crippen LogP contribution in [-0.2, 0) is 0 Å². The van der Waals surface area contributed by atoms with Gasteiger partial charge in [-0.3, -0.25) is 4.79 Å². The molecule has 17 heavy (non-hydrogen) atoms. The van der Waals surface area contributed by atoms with Crippen LogP contribution in [0.5, 0.6) is 5.75 Å². The average Bonchev–Trinajstić information content (AvgIpc) is 2.15. The highest BCUT2D eigenvalue weighted by Gasteiger charge is 2.32. The van der Waals surface area contributed by atoms with Crippen LogP contribution in [-0.4, -0.2) is 12.1 Å². The normalized spacial score (nSPS) is 11.8. The first kappa shape index (κ1) is 13.8. The first-order chi connectivity index (χ1) is 7.83. The zero-order valence-corrected chi connectivity index (χ0v) is 10.3. The van der Waals surface area contributed by atoms with Gasteiger partial charge in [-0.25, -0.2) is 0 Å². The van der Waals surface area contributed by atoms with E-state index in [2.05, 4.69) is 20.7 Å². The maximum Gasteiger partial charge on any atom is 0.573 e. The topological polar surface area (TPSA) is 26.3 Å². The summed E-state index contributed by atoms with van der Waals surface area (Å²) in [5.74, 6) is -1.06. The third-order valence-corrected chi connectivity index (χ3v) is 2.25. The number of allylic oxidation sites excluding steroid dienone is 2. The van der Waals surface area contributed by atoms with Gasteiger partial charge >= 0.3 is 6.36 Å². The lowest BCUT2D eigenvalue weighted by atomic mass is 10.1. The molecule has 0 heterocycles. The van der Waals surface area contributed by atoms with Gasteiger partial charge in [0.1, 0.15) is 5.75 Å². The predicted octanol–water partition coefficient (Wildman–Crippen LogP) is 4.11. The summed E-state index contributed by atoms with van der Waals surface area (Å²) in [7, 11) is 0. The lowest BCUT2D eigenvalue weighted by Gasteiger charge is -2.12. The Morgan fingerprint density at radius 2 is 2.06 bits per heavy atom. The third-order valence-electron chi connectivity index (χ3n) is 1.75. The van der Waals surface area contributed by atoms with Crippen LogP contribution in [0, 0.1) is 0 Å². The van der Waals surface area contributed by atoms with Gasteiger partial charge in [-0.15, -0.1) is 13.2 Å². The number of alkyl halides is 3. The quantitative estimate of drug-likeness (QED) is 0.620. The number of halogens is 4. The van der Waals surface area contributed by atoms with Gasteiger partial charge in [0.15, 0.2) is 5.78 Å². The highest BCUT2D eigenvalue weighted by Crippen LogP contribution is 2.29. The van der Waals surface area contributed by atoms with Crippen molar-refractivity contribution < 1.29 is 22.7 Å². The summed E-state index contributed by atoms with van der Waals surface area (Å²) in [5, 5.41) is 0. The van der Waals surface area contributed by atoms with E-state index >= 15 is 0 Å². The molecule has 0 saturated carbocycles. The molecule has 0 amide bonds. The molecule has 0 aliphatic rings. The van der Waals surface area contributed by atoms with Gasteiger partial charge in [0.2, 0.25) is 0 Å². The fraction of sp³-hybridized carbons (Fsp3) is 0.182. The van der Waals surface area contributed by atoms with E-state index in [9.17, 15) is 18.0 Å². The first-order valence-corrected chi connectivity index (χ1v) is 5.35. The van der Waals surface area contributed by atoms with E-state index in [-0.39, 0.29) is 5.56 Å². The summed E-state index contributed by atoms with van der Waals surface area (Å²) in [6.07, 6.45) is -2.21. The zero-order valence-electron chi connectivity index (χ0n) is 8.72. The minimum Gasteiger partial charge on any atom is -0.405 e. The number of ether oxygens (including phenoxy) is 1. The Kier molecular flexibility index (Phi) is 4.34. The van der Waals surface area contributed by atoms with Gasteiger partial charge in [-0.05, 0) is 31.2 Å². The Hall–Kier alpha value is -1.30. The number of ketones is 1. The van der Waals surface area contributed by atoms with Gasteiger partial charge in [0.25, 0.3) is 0 Å². The standard InChI is InChI=1S/C11H8BrF3O2/c1-2-3-9(16)8-5-4-7(12)6-10(8)17-11(13,14)15/h2-6H,1H3. The lowest BCUT2D eigenvalue weighted by Crippen LogP contribution is -2.18. The molecule has 0 aromatic heterocycles. The fourth-order valence-electron chi connectivity index (χ4n) is 1.15. The molecule has 0 atom stereocenters. The van der Waals surface area contributed by atoms with Crippen LogP contribution in [0.15, 0.2) is 34.8 Å². The van der Waals surface area contributed by atoms with Crippen LogP contribution in [0.4, 0.5) is 13.2 Å². The molecule has 0 N–H and O–H groups in total. The maximum absolute atomic E-state index is 12.1. The summed E-state index contributed by atoms with van der Waals surface area (Å²) in [6.45, 7) is 1.60. The second-order valence-corrected chi connectivity index (χ2v) is 3.97. The third kappa shape index (κ3) is 4.22. The molecule has 0 aliphatic heterocycles. The van der Waals surface area contributed by atoms with Crippen LogP contribution in [0.2, 0.25) is 0 Å². The van der Waals surface area contributed by atoms with E-state index in [0.717, 1.165) is 6.07 Å². The molecule has 0 radical (unpaired) electrons. The maximum atomic E-state index is 12.1. The average molecular weight is 309 g/mol. The van der Waals surface area contributed by atoms with E-state index in [1.807, 2.05) is 0 Å². The Bertz CT molecular complexity index is 453. The van der Waals surface area contributed by atoms with Crippen LogP contribution < -0.4 is 4.74 Å². The van der Waals surface area contributed by atoms with Gasteiger partial charge in [0, 0.05) is 4.47 Å². The number of carbonyl (C=O) groups excluding carboxylic acids is 1. The predicted molar refractivity (Wildman–Crippen MR) is 60.0 cm³/mol. The molecule has 1 rings (SSSR count). The van der Waals surface area contributed by atoms with Crippen LogP contribution >= 0.6 is 15.9 Å². The highest BCUT2D eigenvalue weighted by atomic mass is 79.9. The molecular formula is C11H8BrF3O2. The molecule has 1 aromatic carbocycles. The Morgan fingerprint density at radius 3 is 2.59 bits per heavy atom. The van der Waals surface area contributed by atoms with E-state index in [1.54, 1.807) is 6.92 Å². The van der Waals surface area contributed by atoms with Crippen molar-refractivity contribution in [3.63, 3.8) is 0 Å². The van der Waals surface area contributed by atoms with Crippen molar-refractivity contribution >= 4 is 21.7 Å². The second-order valence-electron chi connectivity index (χ2n) is 3.05. The van der Waals surface area contributed by atoms with E-state index in [1.165, 1.54) is 24.3 Å². The molecule has 6 heteroatoms. The zero-order chi connectivity index (χ0) is 13.1. The summed E-state index contributed by atoms with van der Waals surface area (Å²) in [4.78, 5) is 11.5. The highest BCUT2D eigenvalue weighted by molar-refractivity contribution is 9.10. The smallest absolute Gasteiger partial charge is 0.405 e. The molecule has 0 unspecified atom stereocenters. The molecule has 1 aromatic rings. The van der Waals surface area contributed by atoms with Crippen LogP contribution in [0.3, 0.4) is 0 Å². The SMILES string of the molecule is CC=CC(=O)c1ccc(Br)cc1OC(F)(F)F. The van der Waals surface area contributed by atoms with E-state index < -0.39 is 17.9 Å². The molecule has 2 nitrogen and oxygen atoms in total. The van der Waals surface area contributed by atoms with Crippen LogP contribution in [0.25, 0.3) is 0 Å². The number of carbonyl (C=O) groups is 1. The Labute approximate surface area is 104 Å². The summed E-state index contributed by atoms with van der Waals surface area (Å²) >= 11 is 3.02. The van der Waals surface area contributed by atoms with Crippen molar-refractivity contribution in [1.29, 1.82) is 0 Å². The minimum atomic E-state index is -4.83. The van der Waals surface area contributed by atoms with Gasteiger partial charge in [-0.1, -0.05) is 22.0 Å². The Balaban J connectivity index is 3.17. The summed E-state index contributed by atoms with van der Waals surface area (Å²) in [6, 6.07) is 3.84. The lowest BCUT2D eigenvalue weighted by molar-refractivity contribution is -0.274. The fourth-order valence-corrected chi connectivity index (χ4v) is 1.49. The van der Waals surface area contributed by atoms with Gasteiger partial charge in [-0.2, -0.15) is 0 Å². The van der Waals surface area contributed by atoms with Crippen molar-refractivity contribution in [2.75, 3.05) is 0 Å². The van der Waals surface area contributed by atoms with Crippen molar-refractivity contribution in [1.82, 2.24) is 0 Å². The largest absolute Gasteiger partial charge is 0.573 e. The molecular weight excluding hydrogens is 301 g/mol. The summed E-state index contributed by atoms with van der Waals surface area (Å²) < 4.78 is 40.6. The number of rotatable bonds is 3. The van der Waals surface area contributed by atoms with Crippen molar-refractivity contribution in [2.45, 2.75) is 13.3 Å². The van der Waals surface area contributed by atoms with Gasteiger partial charge < -0.3 is 4.74 Å². The minimum absolute atomic E-state index is 0.136. The summed E-state index contributed by atoms with van der Waals surface area (Å²) in [5.41, 5.74) is -0.136. The van der Waals surface area contributed by atoms with E-state index in [4.69, 9.17) is 0 Å². The van der Waals surface area contributed by atoms with Crippen LogP contribution in [0.1, 0.15) is 17.3 Å². The monoisotopic (exact) mass is 308 g/mol. The number of hydrogen-bond acceptors (Lipinski definition) is 2. The van der Waals surface area contributed by atoms with Crippen molar-refractivity contribution in [2.24, 2.45) is 0 Å². The van der Waals surface area contributed by atoms with Crippen molar-refractivity contribution in [3.8, 4) is 5.75 Å². The second kappa shape index (κ2) is 5.35. The van der Waals surface area contributed by atoms with Gasteiger partial charge in [0.05, 0.1) is 5.56 Å². The Morgan fingerprint density at radius 1 is 1.41 bits per heavy atom. The van der Waals surface area contributed by atoms with Crippen molar-refractivity contribution in [3.05, 3.63) is 40.4 Å². The first-order valence-electron chi connectivity index (χ1n) is 4.56. The molecule has 92 valence electrons. The number of benzene rings is 1. The molecule has 0 fully saturated rings. The molecule has 0 bridgehead atoms.